The van der Waals surface area contributed by atoms with Crippen LogP contribution in [-0.2, 0) is 13.0 Å². The van der Waals surface area contributed by atoms with Crippen molar-refractivity contribution in [3.8, 4) is 17.1 Å². The SMILES string of the molecule is COc1ccc(-c2ccc(C3NC(=O)c4c(sc5c4CCN(C)C5)N3)o2)cc1Cl. The maximum atomic E-state index is 12.8. The molecule has 1 atom stereocenters. The number of nitrogens with one attached hydrogen (secondary N) is 2. The summed E-state index contributed by atoms with van der Waals surface area (Å²) in [6, 6.07) is 9.25. The van der Waals surface area contributed by atoms with Crippen LogP contribution in [0.1, 0.15) is 32.7 Å². The second-order valence-corrected chi connectivity index (χ2v) is 8.81. The highest BCUT2D eigenvalue weighted by Crippen LogP contribution is 2.41. The predicted molar refractivity (Wildman–Crippen MR) is 114 cm³/mol. The summed E-state index contributed by atoms with van der Waals surface area (Å²) in [7, 11) is 3.69. The monoisotopic (exact) mass is 429 g/mol. The van der Waals surface area contributed by atoms with E-state index in [0.29, 0.717) is 22.3 Å². The largest absolute Gasteiger partial charge is 0.495 e. The van der Waals surface area contributed by atoms with E-state index < -0.39 is 6.17 Å². The standard InChI is InChI=1S/C21H20ClN3O3S/c1-25-8-7-12-17(10-25)29-21-18(12)20(26)23-19(24-21)16-6-5-14(28-16)11-3-4-15(27-2)13(22)9-11/h3-6,9,19,24H,7-8,10H2,1-2H3,(H,23,26). The number of benzene rings is 1. The van der Waals surface area contributed by atoms with Crippen LogP contribution in [0.25, 0.3) is 11.3 Å². The molecular weight excluding hydrogens is 410 g/mol. The van der Waals surface area contributed by atoms with Crippen molar-refractivity contribution in [1.29, 1.82) is 0 Å². The number of thiophene rings is 1. The maximum absolute atomic E-state index is 12.8. The quantitative estimate of drug-likeness (QED) is 0.641. The van der Waals surface area contributed by atoms with E-state index in [9.17, 15) is 4.79 Å². The van der Waals surface area contributed by atoms with Crippen LogP contribution in [0.3, 0.4) is 0 Å². The summed E-state index contributed by atoms with van der Waals surface area (Å²) in [4.78, 5) is 16.4. The number of hydrogen-bond acceptors (Lipinski definition) is 6. The molecule has 0 saturated heterocycles. The molecule has 150 valence electrons. The van der Waals surface area contributed by atoms with E-state index in [1.54, 1.807) is 30.6 Å². The molecule has 2 aliphatic rings. The van der Waals surface area contributed by atoms with Gasteiger partial charge in [0, 0.05) is 23.5 Å². The molecule has 8 heteroatoms. The Hall–Kier alpha value is -2.48. The van der Waals surface area contributed by atoms with Gasteiger partial charge in [0.2, 0.25) is 0 Å². The number of nitrogens with zero attached hydrogens (tertiary/aromatic N) is 1. The Morgan fingerprint density at radius 1 is 1.28 bits per heavy atom. The molecule has 0 saturated carbocycles. The molecule has 0 spiro atoms. The third-order valence-corrected chi connectivity index (χ3v) is 6.82. The molecule has 29 heavy (non-hydrogen) atoms. The number of halogens is 1. The van der Waals surface area contributed by atoms with Gasteiger partial charge in [-0.1, -0.05) is 11.6 Å². The maximum Gasteiger partial charge on any atom is 0.256 e. The third-order valence-electron chi connectivity index (χ3n) is 5.37. The van der Waals surface area contributed by atoms with Crippen molar-refractivity contribution in [2.24, 2.45) is 0 Å². The van der Waals surface area contributed by atoms with E-state index in [0.717, 1.165) is 35.6 Å². The summed E-state index contributed by atoms with van der Waals surface area (Å²) in [5.41, 5.74) is 2.82. The van der Waals surface area contributed by atoms with Crippen molar-refractivity contribution in [2.45, 2.75) is 19.1 Å². The van der Waals surface area contributed by atoms with Crippen molar-refractivity contribution >= 4 is 33.8 Å². The van der Waals surface area contributed by atoms with Gasteiger partial charge < -0.3 is 24.7 Å². The minimum absolute atomic E-state index is 0.0451. The molecule has 4 heterocycles. The molecule has 2 N–H and O–H groups in total. The Labute approximate surface area is 177 Å². The normalized spacial score (nSPS) is 18.6. The van der Waals surface area contributed by atoms with Crippen LogP contribution >= 0.6 is 22.9 Å². The smallest absolute Gasteiger partial charge is 0.256 e. The Morgan fingerprint density at radius 3 is 2.93 bits per heavy atom. The van der Waals surface area contributed by atoms with Crippen LogP contribution in [0.2, 0.25) is 5.02 Å². The first-order chi connectivity index (χ1) is 14.0. The molecule has 1 unspecified atom stereocenters. The molecule has 2 aliphatic heterocycles. The van der Waals surface area contributed by atoms with Crippen LogP contribution in [0, 0.1) is 0 Å². The lowest BCUT2D eigenvalue weighted by Crippen LogP contribution is -2.38. The topological polar surface area (TPSA) is 66.7 Å². The molecule has 6 nitrogen and oxygen atoms in total. The molecule has 0 fully saturated rings. The average molecular weight is 430 g/mol. The highest BCUT2D eigenvalue weighted by atomic mass is 35.5. The summed E-state index contributed by atoms with van der Waals surface area (Å²) in [6.45, 7) is 1.86. The number of furan rings is 1. The Kier molecular flexibility index (Phi) is 4.53. The fourth-order valence-corrected chi connectivity index (χ4v) is 5.48. The lowest BCUT2D eigenvalue weighted by molar-refractivity contribution is 0.0930. The van der Waals surface area contributed by atoms with E-state index >= 15 is 0 Å². The molecule has 5 rings (SSSR count). The van der Waals surface area contributed by atoms with E-state index in [2.05, 4.69) is 22.6 Å². The first-order valence-electron chi connectivity index (χ1n) is 9.37. The number of fused-ring (bicyclic) bond motifs is 3. The minimum Gasteiger partial charge on any atom is -0.495 e. The van der Waals surface area contributed by atoms with Gasteiger partial charge in [-0.05, 0) is 49.4 Å². The molecule has 0 aliphatic carbocycles. The third kappa shape index (κ3) is 3.19. The van der Waals surface area contributed by atoms with Gasteiger partial charge in [0.25, 0.3) is 5.91 Å². The summed E-state index contributed by atoms with van der Waals surface area (Å²) < 4.78 is 11.2. The number of amides is 1. The second kappa shape index (κ2) is 7.09. The van der Waals surface area contributed by atoms with Gasteiger partial charge in [-0.15, -0.1) is 11.3 Å². The fraction of sp³-hybridized carbons (Fsp3) is 0.286. The first-order valence-corrected chi connectivity index (χ1v) is 10.6. The number of likely N-dealkylation sites (N-methyl/N-ethyl adjacent to an activating group) is 1. The molecular formula is C21H20ClN3O3S. The van der Waals surface area contributed by atoms with Crippen molar-refractivity contribution < 1.29 is 13.9 Å². The molecule has 0 bridgehead atoms. The molecule has 2 aromatic heterocycles. The average Bonchev–Trinajstić information content (AvgIpc) is 3.32. The summed E-state index contributed by atoms with van der Waals surface area (Å²) in [5, 5.41) is 7.91. The zero-order valence-electron chi connectivity index (χ0n) is 16.0. The second-order valence-electron chi connectivity index (χ2n) is 7.30. The zero-order valence-corrected chi connectivity index (χ0v) is 17.6. The molecule has 0 radical (unpaired) electrons. The predicted octanol–water partition coefficient (Wildman–Crippen LogP) is 4.51. The Bertz CT molecular complexity index is 1110. The van der Waals surface area contributed by atoms with Crippen molar-refractivity contribution in [1.82, 2.24) is 10.2 Å². The van der Waals surface area contributed by atoms with Crippen molar-refractivity contribution in [3.63, 3.8) is 0 Å². The Balaban J connectivity index is 1.42. The fourth-order valence-electron chi connectivity index (χ4n) is 3.87. The van der Waals surface area contributed by atoms with Crippen LogP contribution < -0.4 is 15.4 Å². The molecule has 1 amide bonds. The van der Waals surface area contributed by atoms with Gasteiger partial charge in [-0.25, -0.2) is 0 Å². The summed E-state index contributed by atoms with van der Waals surface area (Å²) in [6.07, 6.45) is 0.496. The number of ether oxygens (including phenoxy) is 1. The van der Waals surface area contributed by atoms with Gasteiger partial charge in [0.1, 0.15) is 22.3 Å². The van der Waals surface area contributed by atoms with Crippen LogP contribution in [0.5, 0.6) is 5.75 Å². The van der Waals surface area contributed by atoms with Gasteiger partial charge in [-0.2, -0.15) is 0 Å². The Morgan fingerprint density at radius 2 is 2.14 bits per heavy atom. The zero-order chi connectivity index (χ0) is 20.1. The van der Waals surface area contributed by atoms with Gasteiger partial charge >= 0.3 is 0 Å². The molecule has 1 aromatic carbocycles. The van der Waals surface area contributed by atoms with E-state index in [1.807, 2.05) is 18.2 Å². The van der Waals surface area contributed by atoms with Crippen LogP contribution in [0.15, 0.2) is 34.7 Å². The number of rotatable bonds is 3. The van der Waals surface area contributed by atoms with Gasteiger partial charge in [0.05, 0.1) is 17.7 Å². The van der Waals surface area contributed by atoms with E-state index in [4.69, 9.17) is 20.8 Å². The minimum atomic E-state index is -0.407. The van der Waals surface area contributed by atoms with Crippen molar-refractivity contribution in [2.75, 3.05) is 26.0 Å². The highest BCUT2D eigenvalue weighted by molar-refractivity contribution is 7.16. The number of hydrogen-bond donors (Lipinski definition) is 2. The van der Waals surface area contributed by atoms with E-state index in [1.165, 1.54) is 10.4 Å². The lowest BCUT2D eigenvalue weighted by Gasteiger charge is -2.26. The number of anilines is 1. The number of methoxy groups -OCH3 is 1. The van der Waals surface area contributed by atoms with Crippen molar-refractivity contribution in [3.05, 3.63) is 57.1 Å². The lowest BCUT2D eigenvalue weighted by atomic mass is 10.0. The summed E-state index contributed by atoms with van der Waals surface area (Å²) in [5.74, 6) is 1.90. The van der Waals surface area contributed by atoms with E-state index in [-0.39, 0.29) is 5.91 Å². The first kappa shape index (κ1) is 18.5. The number of carbonyl (C=O) groups excluding carboxylic acids is 1. The van der Waals surface area contributed by atoms with Crippen LogP contribution in [-0.4, -0.2) is 31.5 Å². The van der Waals surface area contributed by atoms with Gasteiger partial charge in [-0.3, -0.25) is 4.79 Å². The van der Waals surface area contributed by atoms with Crippen LogP contribution in [0.4, 0.5) is 5.00 Å². The number of carbonyl (C=O) groups is 1. The summed E-state index contributed by atoms with van der Waals surface area (Å²) >= 11 is 7.90. The molecule has 3 aromatic rings. The van der Waals surface area contributed by atoms with Gasteiger partial charge in [0.15, 0.2) is 6.17 Å². The highest BCUT2D eigenvalue weighted by Gasteiger charge is 2.33.